The van der Waals surface area contributed by atoms with E-state index in [9.17, 15) is 4.39 Å². The van der Waals surface area contributed by atoms with E-state index >= 15 is 0 Å². The first-order valence-corrected chi connectivity index (χ1v) is 4.23. The van der Waals surface area contributed by atoms with Crippen LogP contribution in [-0.2, 0) is 5.41 Å². The van der Waals surface area contributed by atoms with Crippen molar-refractivity contribution in [2.75, 3.05) is 6.67 Å². The van der Waals surface area contributed by atoms with Gasteiger partial charge in [0.1, 0.15) is 12.1 Å². The molecule has 0 aliphatic heterocycles. The first-order chi connectivity index (χ1) is 6.12. The van der Waals surface area contributed by atoms with Gasteiger partial charge < -0.3 is 0 Å². The second-order valence-corrected chi connectivity index (χ2v) is 3.52. The van der Waals surface area contributed by atoms with Crippen LogP contribution in [0.15, 0.2) is 24.3 Å². The highest BCUT2D eigenvalue weighted by Crippen LogP contribution is 2.24. The smallest absolute Gasteiger partial charge is 0.112 e. The molecule has 0 fully saturated rings. The zero-order valence-electron chi connectivity index (χ0n) is 7.22. The van der Waals surface area contributed by atoms with Gasteiger partial charge in [0, 0.05) is 5.02 Å². The van der Waals surface area contributed by atoms with E-state index in [0.717, 1.165) is 0 Å². The molecule has 0 bridgehead atoms. The fourth-order valence-corrected chi connectivity index (χ4v) is 1.12. The topological polar surface area (TPSA) is 23.8 Å². The largest absolute Gasteiger partial charge is 0.249 e. The molecule has 3 heteroatoms. The number of rotatable bonds is 2. The number of halogens is 2. The Morgan fingerprint density at radius 2 is 2.00 bits per heavy atom. The lowest BCUT2D eigenvalue weighted by atomic mass is 9.86. The Morgan fingerprint density at radius 1 is 1.46 bits per heavy atom. The minimum Gasteiger partial charge on any atom is -0.249 e. The molecule has 0 N–H and O–H groups in total. The van der Waals surface area contributed by atoms with Crippen molar-refractivity contribution in [3.63, 3.8) is 0 Å². The van der Waals surface area contributed by atoms with Crippen molar-refractivity contribution >= 4 is 11.6 Å². The Labute approximate surface area is 81.8 Å². The molecule has 1 nitrogen and oxygen atoms in total. The van der Waals surface area contributed by atoms with E-state index < -0.39 is 12.1 Å². The maximum Gasteiger partial charge on any atom is 0.112 e. The monoisotopic (exact) mass is 197 g/mol. The molecule has 68 valence electrons. The number of nitrogens with zero attached hydrogens (tertiary/aromatic N) is 1. The summed E-state index contributed by atoms with van der Waals surface area (Å²) >= 11 is 5.67. The van der Waals surface area contributed by atoms with Crippen LogP contribution in [0.1, 0.15) is 12.5 Å². The van der Waals surface area contributed by atoms with Crippen LogP contribution in [0, 0.1) is 11.3 Å². The summed E-state index contributed by atoms with van der Waals surface area (Å²) in [4.78, 5) is 0. The third-order valence-corrected chi connectivity index (χ3v) is 2.25. The molecule has 1 rings (SSSR count). The van der Waals surface area contributed by atoms with Crippen molar-refractivity contribution < 1.29 is 4.39 Å². The number of alkyl halides is 1. The van der Waals surface area contributed by atoms with Gasteiger partial charge >= 0.3 is 0 Å². The van der Waals surface area contributed by atoms with Crippen LogP contribution in [0.3, 0.4) is 0 Å². The van der Waals surface area contributed by atoms with Gasteiger partial charge in [-0.2, -0.15) is 5.26 Å². The predicted octanol–water partition coefficient (Wildman–Crippen LogP) is 3.09. The summed E-state index contributed by atoms with van der Waals surface area (Å²) in [6.45, 7) is 0.876. The average Bonchev–Trinajstić information content (AvgIpc) is 2.18. The first kappa shape index (κ1) is 10.0. The molecule has 0 aliphatic carbocycles. The second-order valence-electron chi connectivity index (χ2n) is 3.08. The van der Waals surface area contributed by atoms with Crippen molar-refractivity contribution in [1.29, 1.82) is 5.26 Å². The van der Waals surface area contributed by atoms with Gasteiger partial charge in [0.2, 0.25) is 0 Å². The standard InChI is InChI=1S/C10H9ClFN/c1-10(6-12,7-13)8-2-4-9(11)5-3-8/h2-5H,6H2,1H3. The molecule has 0 aromatic heterocycles. The van der Waals surface area contributed by atoms with Gasteiger partial charge in [0.25, 0.3) is 0 Å². The third-order valence-electron chi connectivity index (χ3n) is 2.00. The molecule has 1 unspecified atom stereocenters. The molecule has 1 aromatic carbocycles. The van der Waals surface area contributed by atoms with Crippen molar-refractivity contribution in [2.45, 2.75) is 12.3 Å². The summed E-state index contributed by atoms with van der Waals surface area (Å²) in [6, 6.07) is 8.60. The van der Waals surface area contributed by atoms with E-state index in [-0.39, 0.29) is 0 Å². The Bertz CT molecular complexity index is 328. The summed E-state index contributed by atoms with van der Waals surface area (Å²) in [6.07, 6.45) is 0. The number of benzene rings is 1. The van der Waals surface area contributed by atoms with Gasteiger partial charge in [0.05, 0.1) is 6.07 Å². The Hall–Kier alpha value is -1.07. The molecule has 0 radical (unpaired) electrons. The zero-order chi connectivity index (χ0) is 9.90. The van der Waals surface area contributed by atoms with E-state index in [2.05, 4.69) is 0 Å². The van der Waals surface area contributed by atoms with Gasteiger partial charge in [-0.05, 0) is 24.6 Å². The fourth-order valence-electron chi connectivity index (χ4n) is 0.989. The molecule has 0 aliphatic rings. The first-order valence-electron chi connectivity index (χ1n) is 3.85. The van der Waals surface area contributed by atoms with E-state index in [1.807, 2.05) is 6.07 Å². The van der Waals surface area contributed by atoms with Gasteiger partial charge in [-0.25, -0.2) is 4.39 Å². The quantitative estimate of drug-likeness (QED) is 0.715. The average molecular weight is 198 g/mol. The number of hydrogen-bond acceptors (Lipinski definition) is 1. The van der Waals surface area contributed by atoms with Crippen molar-refractivity contribution in [3.05, 3.63) is 34.9 Å². The van der Waals surface area contributed by atoms with E-state index in [0.29, 0.717) is 10.6 Å². The Morgan fingerprint density at radius 3 is 2.38 bits per heavy atom. The molecular formula is C10H9ClFN. The summed E-state index contributed by atoms with van der Waals surface area (Å²) in [5, 5.41) is 9.37. The highest BCUT2D eigenvalue weighted by Gasteiger charge is 2.26. The maximum absolute atomic E-state index is 12.6. The van der Waals surface area contributed by atoms with Gasteiger partial charge in [-0.3, -0.25) is 0 Å². The summed E-state index contributed by atoms with van der Waals surface area (Å²) < 4.78 is 12.6. The van der Waals surface area contributed by atoms with Gasteiger partial charge in [-0.1, -0.05) is 23.7 Å². The van der Waals surface area contributed by atoms with E-state index in [1.54, 1.807) is 31.2 Å². The predicted molar refractivity (Wildman–Crippen MR) is 50.4 cm³/mol. The minimum absolute atomic E-state index is 0.586. The van der Waals surface area contributed by atoms with Crippen molar-refractivity contribution in [1.82, 2.24) is 0 Å². The summed E-state index contributed by atoms with van der Waals surface area (Å²) in [5.41, 5.74) is -0.396. The maximum atomic E-state index is 12.6. The highest BCUT2D eigenvalue weighted by atomic mass is 35.5. The van der Waals surface area contributed by atoms with E-state index in [4.69, 9.17) is 16.9 Å². The van der Waals surface area contributed by atoms with Crippen molar-refractivity contribution in [3.8, 4) is 6.07 Å². The molecule has 0 heterocycles. The molecule has 0 amide bonds. The van der Waals surface area contributed by atoms with Gasteiger partial charge in [-0.15, -0.1) is 0 Å². The summed E-state index contributed by atoms with van der Waals surface area (Å²) in [7, 11) is 0. The Kier molecular flexibility index (Phi) is 2.90. The van der Waals surface area contributed by atoms with Gasteiger partial charge in [0.15, 0.2) is 0 Å². The normalized spacial score (nSPS) is 14.6. The molecule has 13 heavy (non-hydrogen) atoms. The Balaban J connectivity index is 3.08. The molecule has 0 spiro atoms. The van der Waals surface area contributed by atoms with Crippen molar-refractivity contribution in [2.24, 2.45) is 0 Å². The van der Waals surface area contributed by atoms with Crippen LogP contribution in [0.25, 0.3) is 0 Å². The molecular weight excluding hydrogens is 189 g/mol. The highest BCUT2D eigenvalue weighted by molar-refractivity contribution is 6.30. The minimum atomic E-state index is -1.05. The van der Waals surface area contributed by atoms with Crippen LogP contribution in [0.5, 0.6) is 0 Å². The second kappa shape index (κ2) is 3.76. The SMILES string of the molecule is CC(C#N)(CF)c1ccc(Cl)cc1. The number of hydrogen-bond donors (Lipinski definition) is 0. The lowest BCUT2D eigenvalue weighted by Crippen LogP contribution is -2.21. The number of nitriles is 1. The zero-order valence-corrected chi connectivity index (χ0v) is 7.98. The van der Waals surface area contributed by atoms with Crippen LogP contribution in [0.2, 0.25) is 5.02 Å². The molecule has 0 saturated carbocycles. The molecule has 1 atom stereocenters. The van der Waals surface area contributed by atoms with Crippen LogP contribution < -0.4 is 0 Å². The molecule has 0 saturated heterocycles. The summed E-state index contributed by atoms with van der Waals surface area (Å²) in [5.74, 6) is 0. The lowest BCUT2D eigenvalue weighted by molar-refractivity contribution is 0.389. The van der Waals surface area contributed by atoms with Crippen LogP contribution in [0.4, 0.5) is 4.39 Å². The van der Waals surface area contributed by atoms with E-state index in [1.165, 1.54) is 0 Å². The van der Waals surface area contributed by atoms with Crippen LogP contribution in [-0.4, -0.2) is 6.67 Å². The molecule has 1 aromatic rings. The van der Waals surface area contributed by atoms with Crippen LogP contribution >= 0.6 is 11.6 Å². The third kappa shape index (κ3) is 1.99. The lowest BCUT2D eigenvalue weighted by Gasteiger charge is -2.17. The fraction of sp³-hybridized carbons (Fsp3) is 0.300.